The van der Waals surface area contributed by atoms with Gasteiger partial charge in [0.15, 0.2) is 11.5 Å². The zero-order valence-electron chi connectivity index (χ0n) is 16.7. The first kappa shape index (κ1) is 19.5. The molecule has 27 heavy (non-hydrogen) atoms. The third-order valence-electron chi connectivity index (χ3n) is 5.35. The van der Waals surface area contributed by atoms with Gasteiger partial charge in [-0.15, -0.1) is 0 Å². The van der Waals surface area contributed by atoms with Gasteiger partial charge in [-0.3, -0.25) is 9.78 Å². The highest BCUT2D eigenvalue weighted by Crippen LogP contribution is 2.44. The van der Waals surface area contributed by atoms with Crippen molar-refractivity contribution in [2.45, 2.75) is 64.8 Å². The zero-order chi connectivity index (χ0) is 19.8. The SMILES string of the molecule is CC(C)C1CC[C@@H](C)c2c(C(=O)NC(C)(C)CO)nn(-c3cnccn3)c21. The van der Waals surface area contributed by atoms with E-state index in [1.807, 2.05) is 0 Å². The molecule has 0 fully saturated rings. The number of carbonyl (C=O) groups excluding carboxylic acids is 1. The molecule has 0 bridgehead atoms. The van der Waals surface area contributed by atoms with Gasteiger partial charge in [-0.05, 0) is 38.5 Å². The van der Waals surface area contributed by atoms with Crippen LogP contribution >= 0.6 is 0 Å². The van der Waals surface area contributed by atoms with E-state index >= 15 is 0 Å². The normalized spacial score (nSPS) is 19.8. The summed E-state index contributed by atoms with van der Waals surface area (Å²) >= 11 is 0. The van der Waals surface area contributed by atoms with E-state index in [2.05, 4.69) is 41.2 Å². The minimum absolute atomic E-state index is 0.143. The number of nitrogens with one attached hydrogen (secondary N) is 1. The minimum Gasteiger partial charge on any atom is -0.394 e. The second kappa shape index (κ2) is 7.38. The van der Waals surface area contributed by atoms with Gasteiger partial charge in [-0.25, -0.2) is 9.67 Å². The standard InChI is InChI=1S/C20H29N5O2/c1-12(2)14-7-6-13(3)16-17(19(27)23-20(4,5)11-26)24-25(18(14)16)15-10-21-8-9-22-15/h8-10,12-14,26H,6-7,11H2,1-5H3,(H,23,27)/t13-,14?/m1/s1. The molecule has 2 aromatic rings. The van der Waals surface area contributed by atoms with E-state index in [9.17, 15) is 9.90 Å². The maximum absolute atomic E-state index is 13.0. The van der Waals surface area contributed by atoms with Crippen molar-refractivity contribution in [3.63, 3.8) is 0 Å². The van der Waals surface area contributed by atoms with Crippen LogP contribution in [-0.2, 0) is 0 Å². The first-order valence-electron chi connectivity index (χ1n) is 9.57. The number of aliphatic hydroxyl groups excluding tert-OH is 1. The molecule has 1 unspecified atom stereocenters. The Balaban J connectivity index is 2.17. The molecule has 2 aromatic heterocycles. The largest absolute Gasteiger partial charge is 0.394 e. The molecular weight excluding hydrogens is 342 g/mol. The Labute approximate surface area is 160 Å². The molecule has 0 saturated heterocycles. The number of fused-ring (bicyclic) bond motifs is 1. The van der Waals surface area contributed by atoms with Gasteiger partial charge in [0.1, 0.15) is 0 Å². The average molecular weight is 371 g/mol. The Morgan fingerprint density at radius 1 is 1.37 bits per heavy atom. The van der Waals surface area contributed by atoms with Crippen molar-refractivity contribution in [2.75, 3.05) is 6.61 Å². The molecule has 0 spiro atoms. The van der Waals surface area contributed by atoms with Crippen molar-refractivity contribution in [3.8, 4) is 5.82 Å². The second-order valence-electron chi connectivity index (χ2n) is 8.45. The van der Waals surface area contributed by atoms with Crippen LogP contribution in [0.15, 0.2) is 18.6 Å². The number of amides is 1. The lowest BCUT2D eigenvalue weighted by Crippen LogP contribution is -2.46. The summed E-state index contributed by atoms with van der Waals surface area (Å²) in [5.74, 6) is 1.32. The summed E-state index contributed by atoms with van der Waals surface area (Å²) in [6.45, 7) is 9.98. The molecular formula is C20H29N5O2. The van der Waals surface area contributed by atoms with Crippen LogP contribution in [0.25, 0.3) is 5.82 Å². The summed E-state index contributed by atoms with van der Waals surface area (Å²) in [7, 11) is 0. The summed E-state index contributed by atoms with van der Waals surface area (Å²) in [5.41, 5.74) is 1.78. The maximum Gasteiger partial charge on any atom is 0.272 e. The van der Waals surface area contributed by atoms with Crippen molar-refractivity contribution < 1.29 is 9.90 Å². The molecule has 1 amide bonds. The summed E-state index contributed by atoms with van der Waals surface area (Å²) in [6.07, 6.45) is 7.00. The number of carbonyl (C=O) groups is 1. The van der Waals surface area contributed by atoms with Gasteiger partial charge in [-0.1, -0.05) is 20.8 Å². The number of hydrogen-bond acceptors (Lipinski definition) is 5. The first-order chi connectivity index (χ1) is 12.7. The number of hydrogen-bond donors (Lipinski definition) is 2. The molecule has 0 saturated carbocycles. The van der Waals surface area contributed by atoms with E-state index in [1.54, 1.807) is 37.1 Å². The van der Waals surface area contributed by atoms with Gasteiger partial charge < -0.3 is 10.4 Å². The highest BCUT2D eigenvalue weighted by Gasteiger charge is 2.37. The topological polar surface area (TPSA) is 92.9 Å². The van der Waals surface area contributed by atoms with Crippen LogP contribution in [0.3, 0.4) is 0 Å². The minimum atomic E-state index is -0.713. The van der Waals surface area contributed by atoms with Crippen LogP contribution in [0.5, 0.6) is 0 Å². The lowest BCUT2D eigenvalue weighted by Gasteiger charge is -2.31. The molecule has 0 radical (unpaired) electrons. The summed E-state index contributed by atoms with van der Waals surface area (Å²) in [6, 6.07) is 0. The third kappa shape index (κ3) is 3.74. The number of aromatic nitrogens is 4. The molecule has 146 valence electrons. The van der Waals surface area contributed by atoms with Crippen LogP contribution in [0.1, 0.15) is 81.0 Å². The summed E-state index contributed by atoms with van der Waals surface area (Å²) < 4.78 is 1.80. The second-order valence-corrected chi connectivity index (χ2v) is 8.45. The van der Waals surface area contributed by atoms with Crippen molar-refractivity contribution in [1.29, 1.82) is 0 Å². The maximum atomic E-state index is 13.0. The van der Waals surface area contributed by atoms with Crippen LogP contribution in [0, 0.1) is 5.92 Å². The van der Waals surface area contributed by atoms with E-state index in [4.69, 9.17) is 0 Å². The van der Waals surface area contributed by atoms with Gasteiger partial charge in [0.25, 0.3) is 5.91 Å². The number of rotatable bonds is 5. The van der Waals surface area contributed by atoms with Gasteiger partial charge in [0.05, 0.1) is 24.0 Å². The Bertz CT molecular complexity index is 813. The molecule has 7 heteroatoms. The fraction of sp³-hybridized carbons (Fsp3) is 0.600. The van der Waals surface area contributed by atoms with E-state index < -0.39 is 5.54 Å². The molecule has 0 aromatic carbocycles. The van der Waals surface area contributed by atoms with Crippen molar-refractivity contribution >= 4 is 5.91 Å². The molecule has 7 nitrogen and oxygen atoms in total. The molecule has 1 aliphatic carbocycles. The van der Waals surface area contributed by atoms with Crippen LogP contribution in [0.2, 0.25) is 0 Å². The molecule has 0 aliphatic heterocycles. The Hall–Kier alpha value is -2.28. The lowest BCUT2D eigenvalue weighted by atomic mass is 9.75. The number of aliphatic hydroxyl groups is 1. The van der Waals surface area contributed by atoms with Gasteiger partial charge in [0.2, 0.25) is 0 Å². The van der Waals surface area contributed by atoms with Crippen molar-refractivity contribution in [3.05, 3.63) is 35.5 Å². The van der Waals surface area contributed by atoms with E-state index in [-0.39, 0.29) is 18.4 Å². The lowest BCUT2D eigenvalue weighted by molar-refractivity contribution is 0.0862. The van der Waals surface area contributed by atoms with Crippen LogP contribution < -0.4 is 5.32 Å². The quantitative estimate of drug-likeness (QED) is 0.843. The molecule has 1 aliphatic rings. The first-order valence-corrected chi connectivity index (χ1v) is 9.57. The monoisotopic (exact) mass is 371 g/mol. The predicted octanol–water partition coefficient (Wildman–Crippen LogP) is 2.80. The summed E-state index contributed by atoms with van der Waals surface area (Å²) in [4.78, 5) is 21.6. The highest BCUT2D eigenvalue weighted by atomic mass is 16.3. The Morgan fingerprint density at radius 2 is 2.11 bits per heavy atom. The van der Waals surface area contributed by atoms with Crippen LogP contribution in [-0.4, -0.2) is 42.9 Å². The molecule has 2 atom stereocenters. The fourth-order valence-electron chi connectivity index (χ4n) is 3.79. The van der Waals surface area contributed by atoms with Gasteiger partial charge in [0, 0.05) is 23.9 Å². The predicted molar refractivity (Wildman–Crippen MR) is 103 cm³/mol. The highest BCUT2D eigenvalue weighted by molar-refractivity contribution is 5.95. The average Bonchev–Trinajstić information content (AvgIpc) is 3.04. The van der Waals surface area contributed by atoms with Crippen molar-refractivity contribution in [1.82, 2.24) is 25.1 Å². The fourth-order valence-corrected chi connectivity index (χ4v) is 3.79. The summed E-state index contributed by atoms with van der Waals surface area (Å²) in [5, 5.41) is 17.1. The Kier molecular flexibility index (Phi) is 5.33. The Morgan fingerprint density at radius 3 is 2.70 bits per heavy atom. The van der Waals surface area contributed by atoms with E-state index in [0.29, 0.717) is 23.3 Å². The zero-order valence-corrected chi connectivity index (χ0v) is 16.7. The molecule has 3 rings (SSSR count). The molecule has 2 N–H and O–H groups in total. The van der Waals surface area contributed by atoms with Crippen LogP contribution in [0.4, 0.5) is 0 Å². The smallest absolute Gasteiger partial charge is 0.272 e. The van der Waals surface area contributed by atoms with Gasteiger partial charge >= 0.3 is 0 Å². The number of nitrogens with zero attached hydrogens (tertiary/aromatic N) is 4. The van der Waals surface area contributed by atoms with E-state index in [1.165, 1.54) is 0 Å². The third-order valence-corrected chi connectivity index (χ3v) is 5.35. The molecule has 2 heterocycles. The van der Waals surface area contributed by atoms with Gasteiger partial charge in [-0.2, -0.15) is 5.10 Å². The van der Waals surface area contributed by atoms with E-state index in [0.717, 1.165) is 24.1 Å². The van der Waals surface area contributed by atoms with Crippen molar-refractivity contribution in [2.24, 2.45) is 5.92 Å².